The molecule has 0 aromatic heterocycles. The van der Waals surface area contributed by atoms with Crippen LogP contribution in [0.15, 0.2) is 64.6 Å². The average molecular weight is 272 g/mol. The quantitative estimate of drug-likeness (QED) is 0.740. The molecule has 0 saturated carbocycles. The van der Waals surface area contributed by atoms with Gasteiger partial charge in [-0.15, -0.1) is 0 Å². The van der Waals surface area contributed by atoms with E-state index in [0.29, 0.717) is 5.03 Å². The Kier molecular flexibility index (Phi) is 4.76. The van der Waals surface area contributed by atoms with E-state index in [4.69, 9.17) is 16.3 Å². The smallest absolute Gasteiger partial charge is 0.119 e. The molecular formula is C16H14ClNO. The number of hydrogen-bond acceptors (Lipinski definition) is 2. The molecule has 0 saturated heterocycles. The normalized spacial score (nSPS) is 11.8. The van der Waals surface area contributed by atoms with Crippen molar-refractivity contribution < 1.29 is 4.74 Å². The molecule has 96 valence electrons. The number of allylic oxidation sites excluding steroid dienone is 1. The number of ether oxygens (including phenoxy) is 1. The van der Waals surface area contributed by atoms with Crippen LogP contribution in [0.4, 0.5) is 5.69 Å². The van der Waals surface area contributed by atoms with Gasteiger partial charge in [-0.2, -0.15) is 0 Å². The number of rotatable bonds is 4. The Hall–Kier alpha value is -2.06. The summed E-state index contributed by atoms with van der Waals surface area (Å²) < 4.78 is 5.08. The zero-order chi connectivity index (χ0) is 13.5. The van der Waals surface area contributed by atoms with Gasteiger partial charge in [0.1, 0.15) is 5.75 Å². The summed E-state index contributed by atoms with van der Waals surface area (Å²) in [6.45, 7) is 0. The highest BCUT2D eigenvalue weighted by molar-refractivity contribution is 6.41. The van der Waals surface area contributed by atoms with Gasteiger partial charge in [0, 0.05) is 6.21 Å². The molecule has 0 radical (unpaired) electrons. The van der Waals surface area contributed by atoms with Crippen molar-refractivity contribution in [3.63, 3.8) is 0 Å². The first-order chi connectivity index (χ1) is 9.28. The molecule has 0 unspecified atom stereocenters. The van der Waals surface area contributed by atoms with Gasteiger partial charge < -0.3 is 4.74 Å². The molecule has 0 heterocycles. The van der Waals surface area contributed by atoms with Crippen LogP contribution >= 0.6 is 11.6 Å². The molecule has 2 aromatic carbocycles. The van der Waals surface area contributed by atoms with Crippen molar-refractivity contribution in [3.05, 3.63) is 65.2 Å². The monoisotopic (exact) mass is 271 g/mol. The van der Waals surface area contributed by atoms with Crippen molar-refractivity contribution >= 4 is 29.6 Å². The van der Waals surface area contributed by atoms with Crippen molar-refractivity contribution in [2.24, 2.45) is 4.99 Å². The number of hydrogen-bond donors (Lipinski definition) is 0. The van der Waals surface area contributed by atoms with Crippen LogP contribution in [0.3, 0.4) is 0 Å². The summed E-state index contributed by atoms with van der Waals surface area (Å²) in [5, 5.41) is 0.585. The highest BCUT2D eigenvalue weighted by Crippen LogP contribution is 2.18. The van der Waals surface area contributed by atoms with Gasteiger partial charge in [0.15, 0.2) is 0 Å². The SMILES string of the molecule is COc1ccc(N=C/C(Cl)=C/c2ccccc2)cc1. The van der Waals surface area contributed by atoms with E-state index in [0.717, 1.165) is 17.0 Å². The second-order valence-corrected chi connectivity index (χ2v) is 4.33. The third-order valence-corrected chi connectivity index (χ3v) is 2.72. The minimum absolute atomic E-state index is 0.585. The Balaban J connectivity index is 2.07. The maximum absolute atomic E-state index is 6.11. The Morgan fingerprint density at radius 2 is 1.74 bits per heavy atom. The summed E-state index contributed by atoms with van der Waals surface area (Å²) in [5.41, 5.74) is 1.88. The van der Waals surface area contributed by atoms with Crippen molar-refractivity contribution in [1.29, 1.82) is 0 Å². The molecule has 3 heteroatoms. The average Bonchev–Trinajstić information content (AvgIpc) is 2.47. The molecule has 2 rings (SSSR count). The number of halogens is 1. The number of benzene rings is 2. The van der Waals surface area contributed by atoms with Crippen LogP contribution in [0.1, 0.15) is 5.56 Å². The first-order valence-corrected chi connectivity index (χ1v) is 6.26. The summed E-state index contributed by atoms with van der Waals surface area (Å²) in [4.78, 5) is 4.30. The molecule has 0 aliphatic rings. The summed E-state index contributed by atoms with van der Waals surface area (Å²) in [6, 6.07) is 17.4. The molecule has 2 aromatic rings. The molecule has 0 amide bonds. The Morgan fingerprint density at radius 1 is 1.05 bits per heavy atom. The lowest BCUT2D eigenvalue weighted by atomic mass is 10.2. The summed E-state index contributed by atoms with van der Waals surface area (Å²) in [6.07, 6.45) is 3.50. The number of aliphatic imine (C=N–C) groups is 1. The van der Waals surface area contributed by atoms with Gasteiger partial charge >= 0.3 is 0 Å². The van der Waals surface area contributed by atoms with Gasteiger partial charge in [-0.25, -0.2) is 0 Å². The van der Waals surface area contributed by atoms with Crippen LogP contribution in [-0.4, -0.2) is 13.3 Å². The van der Waals surface area contributed by atoms with Gasteiger partial charge in [0.05, 0.1) is 17.8 Å². The fourth-order valence-corrected chi connectivity index (χ4v) is 1.73. The molecule has 0 bridgehead atoms. The molecule has 2 nitrogen and oxygen atoms in total. The maximum Gasteiger partial charge on any atom is 0.119 e. The van der Waals surface area contributed by atoms with Crippen molar-refractivity contribution in [2.75, 3.05) is 7.11 Å². The zero-order valence-corrected chi connectivity index (χ0v) is 11.3. The van der Waals surface area contributed by atoms with Crippen LogP contribution in [0.25, 0.3) is 6.08 Å². The Bertz CT molecular complexity index is 573. The number of methoxy groups -OCH3 is 1. The minimum atomic E-state index is 0.585. The van der Waals surface area contributed by atoms with Gasteiger partial charge in [-0.1, -0.05) is 41.9 Å². The molecular weight excluding hydrogens is 258 g/mol. The van der Waals surface area contributed by atoms with Crippen molar-refractivity contribution in [2.45, 2.75) is 0 Å². The molecule has 0 atom stereocenters. The van der Waals surface area contributed by atoms with E-state index in [2.05, 4.69) is 4.99 Å². The van der Waals surface area contributed by atoms with Crippen molar-refractivity contribution in [3.8, 4) is 5.75 Å². The van der Waals surface area contributed by atoms with Crippen LogP contribution < -0.4 is 4.74 Å². The first-order valence-electron chi connectivity index (χ1n) is 5.88. The lowest BCUT2D eigenvalue weighted by molar-refractivity contribution is 0.415. The third-order valence-electron chi connectivity index (χ3n) is 2.51. The summed E-state index contributed by atoms with van der Waals surface area (Å²) in [7, 11) is 1.64. The molecule has 0 spiro atoms. The maximum atomic E-state index is 6.11. The minimum Gasteiger partial charge on any atom is -0.497 e. The highest BCUT2D eigenvalue weighted by atomic mass is 35.5. The lowest BCUT2D eigenvalue weighted by Gasteiger charge is -1.98. The van der Waals surface area contributed by atoms with Crippen LogP contribution in [0.2, 0.25) is 0 Å². The topological polar surface area (TPSA) is 21.6 Å². The molecule has 0 aliphatic heterocycles. The van der Waals surface area contributed by atoms with Crippen LogP contribution in [0, 0.1) is 0 Å². The molecule has 0 fully saturated rings. The standard InChI is InChI=1S/C16H14ClNO/c1-19-16-9-7-15(8-10-16)18-12-14(17)11-13-5-3-2-4-6-13/h2-12H,1H3/b14-11-,18-12?. The second kappa shape index (κ2) is 6.76. The van der Waals surface area contributed by atoms with Crippen LogP contribution in [-0.2, 0) is 0 Å². The van der Waals surface area contributed by atoms with E-state index in [1.54, 1.807) is 13.3 Å². The molecule has 0 N–H and O–H groups in total. The van der Waals surface area contributed by atoms with E-state index >= 15 is 0 Å². The zero-order valence-electron chi connectivity index (χ0n) is 10.6. The number of nitrogens with zero attached hydrogens (tertiary/aromatic N) is 1. The fourth-order valence-electron chi connectivity index (χ4n) is 1.55. The van der Waals surface area contributed by atoms with E-state index in [9.17, 15) is 0 Å². The van der Waals surface area contributed by atoms with E-state index in [1.165, 1.54) is 0 Å². The predicted octanol–water partition coefficient (Wildman–Crippen LogP) is 4.68. The van der Waals surface area contributed by atoms with E-state index in [1.807, 2.05) is 60.7 Å². The Morgan fingerprint density at radius 3 is 2.37 bits per heavy atom. The van der Waals surface area contributed by atoms with Gasteiger partial charge in [0.2, 0.25) is 0 Å². The summed E-state index contributed by atoms with van der Waals surface area (Å²) >= 11 is 6.11. The van der Waals surface area contributed by atoms with E-state index in [-0.39, 0.29) is 0 Å². The largest absolute Gasteiger partial charge is 0.497 e. The van der Waals surface area contributed by atoms with Gasteiger partial charge in [-0.3, -0.25) is 4.99 Å². The molecule has 0 aliphatic carbocycles. The first kappa shape index (κ1) is 13.4. The predicted molar refractivity (Wildman–Crippen MR) is 81.4 cm³/mol. The van der Waals surface area contributed by atoms with Gasteiger partial charge in [0.25, 0.3) is 0 Å². The Labute approximate surface area is 118 Å². The fraction of sp³-hybridized carbons (Fsp3) is 0.0625. The highest BCUT2D eigenvalue weighted by Gasteiger charge is 1.92. The second-order valence-electron chi connectivity index (χ2n) is 3.90. The van der Waals surface area contributed by atoms with Crippen molar-refractivity contribution in [1.82, 2.24) is 0 Å². The van der Waals surface area contributed by atoms with Crippen LogP contribution in [0.5, 0.6) is 5.75 Å². The molecule has 19 heavy (non-hydrogen) atoms. The third kappa shape index (κ3) is 4.27. The lowest BCUT2D eigenvalue weighted by Crippen LogP contribution is -1.80. The summed E-state index contributed by atoms with van der Waals surface area (Å²) in [5.74, 6) is 0.810. The van der Waals surface area contributed by atoms with Gasteiger partial charge in [-0.05, 0) is 35.9 Å². The van der Waals surface area contributed by atoms with E-state index < -0.39 is 0 Å².